The third kappa shape index (κ3) is 4.29. The van der Waals surface area contributed by atoms with Gasteiger partial charge in [-0.15, -0.1) is 0 Å². The lowest BCUT2D eigenvalue weighted by atomic mass is 9.89. The van der Waals surface area contributed by atoms with E-state index in [-0.39, 0.29) is 5.41 Å². The molecular weight excluding hydrogens is 324 g/mol. The Morgan fingerprint density at radius 2 is 2.00 bits per heavy atom. The lowest BCUT2D eigenvalue weighted by Gasteiger charge is -2.19. The molecule has 1 heterocycles. The van der Waals surface area contributed by atoms with Gasteiger partial charge in [-0.1, -0.05) is 20.8 Å². The van der Waals surface area contributed by atoms with Crippen molar-refractivity contribution < 1.29 is 9.52 Å². The maximum atomic E-state index is 9.89. The molecule has 0 saturated carbocycles. The van der Waals surface area contributed by atoms with Crippen LogP contribution in [0.3, 0.4) is 0 Å². The second-order valence-corrected chi connectivity index (χ2v) is 6.46. The largest absolute Gasteiger partial charge is 0.450 e. The maximum Gasteiger partial charge on any atom is 0.183 e. The summed E-state index contributed by atoms with van der Waals surface area (Å²) in [6, 6.07) is 1.80. The van der Waals surface area contributed by atoms with Gasteiger partial charge in [-0.2, -0.15) is 0 Å². The smallest absolute Gasteiger partial charge is 0.183 e. The summed E-state index contributed by atoms with van der Waals surface area (Å²) in [4.78, 5) is 0. The van der Waals surface area contributed by atoms with Crippen LogP contribution >= 0.6 is 31.9 Å². The van der Waals surface area contributed by atoms with Crippen LogP contribution in [-0.4, -0.2) is 5.11 Å². The zero-order valence-corrected chi connectivity index (χ0v) is 12.4. The number of halogens is 2. The zero-order valence-electron chi connectivity index (χ0n) is 9.18. The first kappa shape index (κ1) is 13.3. The standard InChI is InChI=1S/C11H16Br2O2/c1-11(2,3)5-4-8(14)9-6-7(12)10(13)15-9/h6,8,14H,4-5H2,1-3H3. The van der Waals surface area contributed by atoms with Crippen molar-refractivity contribution in [2.75, 3.05) is 0 Å². The summed E-state index contributed by atoms with van der Waals surface area (Å²) < 4.78 is 6.83. The van der Waals surface area contributed by atoms with Gasteiger partial charge >= 0.3 is 0 Å². The summed E-state index contributed by atoms with van der Waals surface area (Å²) in [5.74, 6) is 0.609. The molecule has 1 rings (SSSR count). The second-order valence-electron chi connectivity index (χ2n) is 4.89. The summed E-state index contributed by atoms with van der Waals surface area (Å²) in [6.45, 7) is 6.48. The van der Waals surface area contributed by atoms with Gasteiger partial charge in [-0.25, -0.2) is 0 Å². The van der Waals surface area contributed by atoms with Gasteiger partial charge in [-0.3, -0.25) is 0 Å². The van der Waals surface area contributed by atoms with Crippen LogP contribution in [0.5, 0.6) is 0 Å². The Balaban J connectivity index is 2.58. The van der Waals surface area contributed by atoms with E-state index in [1.807, 2.05) is 0 Å². The van der Waals surface area contributed by atoms with E-state index in [1.54, 1.807) is 6.07 Å². The molecule has 0 aliphatic rings. The minimum absolute atomic E-state index is 0.238. The average Bonchev–Trinajstić information content (AvgIpc) is 2.42. The van der Waals surface area contributed by atoms with Crippen molar-refractivity contribution in [1.82, 2.24) is 0 Å². The predicted octanol–water partition coefficient (Wildman–Crippen LogP) is 4.66. The molecule has 1 N–H and O–H groups in total. The third-order valence-corrected chi connectivity index (χ3v) is 3.87. The van der Waals surface area contributed by atoms with Gasteiger partial charge in [0.05, 0.1) is 4.47 Å². The van der Waals surface area contributed by atoms with E-state index in [2.05, 4.69) is 52.6 Å². The average molecular weight is 340 g/mol. The van der Waals surface area contributed by atoms with Gasteiger partial charge in [-0.05, 0) is 56.2 Å². The fourth-order valence-electron chi connectivity index (χ4n) is 1.24. The highest BCUT2D eigenvalue weighted by molar-refractivity contribution is 9.13. The first-order valence-corrected chi connectivity index (χ1v) is 6.51. The molecule has 0 spiro atoms. The van der Waals surface area contributed by atoms with Crippen LogP contribution in [-0.2, 0) is 0 Å². The molecule has 1 aromatic heterocycles. The molecule has 0 saturated heterocycles. The van der Waals surface area contributed by atoms with Gasteiger partial charge in [0.2, 0.25) is 0 Å². The van der Waals surface area contributed by atoms with Gasteiger partial charge in [0, 0.05) is 0 Å². The molecule has 1 unspecified atom stereocenters. The molecule has 0 bridgehead atoms. The Hall–Kier alpha value is 0.200. The van der Waals surface area contributed by atoms with Crippen LogP contribution in [0.2, 0.25) is 0 Å². The van der Waals surface area contributed by atoms with Crippen LogP contribution in [0.4, 0.5) is 0 Å². The number of rotatable bonds is 3. The van der Waals surface area contributed by atoms with Gasteiger partial charge in [0.25, 0.3) is 0 Å². The Kier molecular flexibility index (Phi) is 4.44. The van der Waals surface area contributed by atoms with Crippen molar-refractivity contribution in [3.8, 4) is 0 Å². The SMILES string of the molecule is CC(C)(C)CCC(O)c1cc(Br)c(Br)o1. The van der Waals surface area contributed by atoms with Crippen molar-refractivity contribution in [3.05, 3.63) is 21.0 Å². The molecule has 4 heteroatoms. The Labute approximate surface area is 107 Å². The van der Waals surface area contributed by atoms with Crippen LogP contribution < -0.4 is 0 Å². The van der Waals surface area contributed by atoms with Crippen molar-refractivity contribution in [1.29, 1.82) is 0 Å². The summed E-state index contributed by atoms with van der Waals surface area (Å²) in [6.07, 6.45) is 1.16. The summed E-state index contributed by atoms with van der Waals surface area (Å²) in [5.41, 5.74) is 0.238. The third-order valence-electron chi connectivity index (χ3n) is 2.16. The number of aliphatic hydroxyl groups is 1. The predicted molar refractivity (Wildman–Crippen MR) is 67.8 cm³/mol. The molecule has 1 atom stereocenters. The molecule has 0 aliphatic heterocycles. The van der Waals surface area contributed by atoms with Crippen molar-refractivity contribution in [2.24, 2.45) is 5.41 Å². The molecule has 86 valence electrons. The molecule has 15 heavy (non-hydrogen) atoms. The van der Waals surface area contributed by atoms with E-state index in [0.717, 1.165) is 17.3 Å². The van der Waals surface area contributed by atoms with E-state index >= 15 is 0 Å². The monoisotopic (exact) mass is 338 g/mol. The zero-order chi connectivity index (χ0) is 11.6. The molecule has 1 aromatic rings. The summed E-state index contributed by atoms with van der Waals surface area (Å²) in [5, 5.41) is 9.89. The minimum atomic E-state index is -0.521. The fourth-order valence-corrected chi connectivity index (χ4v) is 1.85. The fraction of sp³-hybridized carbons (Fsp3) is 0.636. The van der Waals surface area contributed by atoms with Gasteiger partial charge in [0.1, 0.15) is 11.9 Å². The summed E-state index contributed by atoms with van der Waals surface area (Å²) >= 11 is 6.57. The normalized spacial score (nSPS) is 14.3. The Morgan fingerprint density at radius 3 is 2.40 bits per heavy atom. The van der Waals surface area contributed by atoms with Crippen LogP contribution in [0.1, 0.15) is 45.5 Å². The van der Waals surface area contributed by atoms with E-state index in [4.69, 9.17) is 4.42 Å². The first-order chi connectivity index (χ1) is 6.79. The Morgan fingerprint density at radius 1 is 1.40 bits per heavy atom. The summed E-state index contributed by atoms with van der Waals surface area (Å²) in [7, 11) is 0. The highest BCUT2D eigenvalue weighted by Crippen LogP contribution is 2.33. The van der Waals surface area contributed by atoms with Crippen molar-refractivity contribution >= 4 is 31.9 Å². The number of hydrogen-bond donors (Lipinski definition) is 1. The highest BCUT2D eigenvalue weighted by Gasteiger charge is 2.18. The van der Waals surface area contributed by atoms with Crippen LogP contribution in [0, 0.1) is 5.41 Å². The van der Waals surface area contributed by atoms with Crippen molar-refractivity contribution in [3.63, 3.8) is 0 Å². The quantitative estimate of drug-likeness (QED) is 0.868. The molecule has 0 aromatic carbocycles. The van der Waals surface area contributed by atoms with Gasteiger partial charge in [0.15, 0.2) is 4.67 Å². The van der Waals surface area contributed by atoms with E-state index in [9.17, 15) is 5.11 Å². The van der Waals surface area contributed by atoms with E-state index in [0.29, 0.717) is 10.4 Å². The van der Waals surface area contributed by atoms with Gasteiger partial charge < -0.3 is 9.52 Å². The second kappa shape index (κ2) is 5.02. The molecule has 0 aliphatic carbocycles. The lowest BCUT2D eigenvalue weighted by molar-refractivity contribution is 0.123. The van der Waals surface area contributed by atoms with Crippen LogP contribution in [0.15, 0.2) is 19.6 Å². The highest BCUT2D eigenvalue weighted by atomic mass is 79.9. The van der Waals surface area contributed by atoms with E-state index < -0.39 is 6.10 Å². The maximum absolute atomic E-state index is 9.89. The number of hydrogen-bond acceptors (Lipinski definition) is 2. The van der Waals surface area contributed by atoms with E-state index in [1.165, 1.54) is 0 Å². The minimum Gasteiger partial charge on any atom is -0.450 e. The number of aliphatic hydroxyl groups excluding tert-OH is 1. The molecule has 0 fully saturated rings. The van der Waals surface area contributed by atoms with Crippen LogP contribution in [0.25, 0.3) is 0 Å². The molecule has 0 amide bonds. The molecule has 2 nitrogen and oxygen atoms in total. The van der Waals surface area contributed by atoms with Crippen molar-refractivity contribution in [2.45, 2.75) is 39.7 Å². The molecular formula is C11H16Br2O2. The number of furan rings is 1. The topological polar surface area (TPSA) is 33.4 Å². The Bertz CT molecular complexity index is 306. The first-order valence-electron chi connectivity index (χ1n) is 4.92. The lowest BCUT2D eigenvalue weighted by Crippen LogP contribution is -2.07. The molecule has 0 radical (unpaired) electrons.